The number of carbonyl (C=O) groups excluding carboxylic acids is 1. The third-order valence-corrected chi connectivity index (χ3v) is 3.24. The molecule has 0 aromatic heterocycles. The first kappa shape index (κ1) is 13.5. The number of hydrogen-bond donors (Lipinski definition) is 0. The maximum Gasteiger partial charge on any atom is 0.282 e. The maximum atomic E-state index is 12.4. The van der Waals surface area contributed by atoms with Crippen molar-refractivity contribution in [3.8, 4) is 0 Å². The molecule has 1 aromatic carbocycles. The summed E-state index contributed by atoms with van der Waals surface area (Å²) < 4.78 is 0. The highest BCUT2D eigenvalue weighted by Gasteiger charge is 2.25. The molecule has 0 atom stereocenters. The van der Waals surface area contributed by atoms with E-state index in [4.69, 9.17) is 11.6 Å². The summed E-state index contributed by atoms with van der Waals surface area (Å²) in [6.07, 6.45) is 2.84. The molecule has 0 unspecified atom stereocenters. The predicted octanol–water partition coefficient (Wildman–Crippen LogP) is 3.04. The van der Waals surface area contributed by atoms with Crippen LogP contribution in [0.5, 0.6) is 0 Å². The van der Waals surface area contributed by atoms with Crippen LogP contribution in [0.4, 0.5) is 5.69 Å². The Bertz CT molecular complexity index is 569. The van der Waals surface area contributed by atoms with Crippen LogP contribution in [-0.4, -0.2) is 28.8 Å². The van der Waals surface area contributed by atoms with E-state index >= 15 is 0 Å². The molecule has 6 heteroatoms. The Morgan fingerprint density at radius 1 is 1.47 bits per heavy atom. The van der Waals surface area contributed by atoms with Gasteiger partial charge >= 0.3 is 0 Å². The lowest BCUT2D eigenvalue weighted by molar-refractivity contribution is -0.385. The summed E-state index contributed by atoms with van der Waals surface area (Å²) in [5.41, 5.74) is 0.929. The van der Waals surface area contributed by atoms with Crippen LogP contribution >= 0.6 is 11.6 Å². The molecule has 0 saturated carbocycles. The molecule has 1 aliphatic heterocycles. The van der Waals surface area contributed by atoms with Crippen molar-refractivity contribution in [2.24, 2.45) is 0 Å². The lowest BCUT2D eigenvalue weighted by Gasteiger charge is -2.26. The molecule has 1 amide bonds. The molecule has 0 radical (unpaired) electrons. The standard InChI is InChI=1S/C13H13ClN2O3/c1-9-3-2-6-15(8-9)13(17)11-7-10(14)4-5-12(11)16(18)19/h3-5,7H,2,6,8H2,1H3. The van der Waals surface area contributed by atoms with E-state index in [-0.39, 0.29) is 17.2 Å². The molecule has 0 fully saturated rings. The smallest absolute Gasteiger partial charge is 0.282 e. The van der Waals surface area contributed by atoms with E-state index in [2.05, 4.69) is 6.08 Å². The van der Waals surface area contributed by atoms with Gasteiger partial charge in [0.25, 0.3) is 11.6 Å². The highest BCUT2D eigenvalue weighted by atomic mass is 35.5. The fraction of sp³-hybridized carbons (Fsp3) is 0.308. The number of hydrogen-bond acceptors (Lipinski definition) is 3. The zero-order chi connectivity index (χ0) is 14.0. The van der Waals surface area contributed by atoms with Crippen LogP contribution in [0.2, 0.25) is 5.02 Å². The zero-order valence-electron chi connectivity index (χ0n) is 10.4. The average Bonchev–Trinajstić information content (AvgIpc) is 2.37. The summed E-state index contributed by atoms with van der Waals surface area (Å²) in [4.78, 5) is 24.4. The molecule has 0 spiro atoms. The van der Waals surface area contributed by atoms with Crippen LogP contribution in [0.25, 0.3) is 0 Å². The largest absolute Gasteiger partial charge is 0.334 e. The van der Waals surface area contributed by atoms with Gasteiger partial charge in [-0.05, 0) is 25.5 Å². The Morgan fingerprint density at radius 2 is 2.21 bits per heavy atom. The van der Waals surface area contributed by atoms with Crippen molar-refractivity contribution in [2.45, 2.75) is 13.3 Å². The molecule has 0 aliphatic carbocycles. The SMILES string of the molecule is CC1=CCCN(C(=O)c2cc(Cl)ccc2[N+](=O)[O-])C1. The minimum absolute atomic E-state index is 0.0483. The van der Waals surface area contributed by atoms with Gasteiger partial charge in [-0.25, -0.2) is 0 Å². The van der Waals surface area contributed by atoms with Crippen molar-refractivity contribution in [3.05, 3.63) is 50.5 Å². The molecular weight excluding hydrogens is 268 g/mol. The molecule has 5 nitrogen and oxygen atoms in total. The average molecular weight is 281 g/mol. The fourth-order valence-electron chi connectivity index (χ4n) is 2.09. The van der Waals surface area contributed by atoms with Crippen LogP contribution in [0, 0.1) is 10.1 Å². The van der Waals surface area contributed by atoms with Crippen molar-refractivity contribution in [1.82, 2.24) is 4.90 Å². The highest BCUT2D eigenvalue weighted by Crippen LogP contribution is 2.25. The maximum absolute atomic E-state index is 12.4. The number of nitrogens with zero attached hydrogens (tertiary/aromatic N) is 2. The van der Waals surface area contributed by atoms with Gasteiger partial charge in [0.05, 0.1) is 4.92 Å². The molecule has 2 rings (SSSR count). The first-order valence-corrected chi connectivity index (χ1v) is 6.25. The van der Waals surface area contributed by atoms with Gasteiger partial charge in [0.2, 0.25) is 0 Å². The Hall–Kier alpha value is -1.88. The van der Waals surface area contributed by atoms with Gasteiger partial charge in [-0.2, -0.15) is 0 Å². The minimum Gasteiger partial charge on any atom is -0.334 e. The monoisotopic (exact) mass is 280 g/mol. The van der Waals surface area contributed by atoms with E-state index in [0.29, 0.717) is 18.1 Å². The molecule has 1 heterocycles. The van der Waals surface area contributed by atoms with Crippen molar-refractivity contribution >= 4 is 23.2 Å². The van der Waals surface area contributed by atoms with Crippen LogP contribution in [0.15, 0.2) is 29.8 Å². The number of nitro benzene ring substituents is 1. The first-order valence-electron chi connectivity index (χ1n) is 5.88. The Morgan fingerprint density at radius 3 is 2.84 bits per heavy atom. The van der Waals surface area contributed by atoms with Gasteiger partial charge in [0, 0.05) is 24.2 Å². The summed E-state index contributed by atoms with van der Waals surface area (Å²) >= 11 is 5.83. The molecule has 19 heavy (non-hydrogen) atoms. The number of carbonyl (C=O) groups is 1. The number of benzene rings is 1. The second-order valence-electron chi connectivity index (χ2n) is 4.48. The number of amides is 1. The number of halogens is 1. The Labute approximate surface area is 115 Å². The lowest BCUT2D eigenvalue weighted by Crippen LogP contribution is -2.35. The fourth-order valence-corrected chi connectivity index (χ4v) is 2.27. The van der Waals surface area contributed by atoms with Crippen LogP contribution in [0.3, 0.4) is 0 Å². The quantitative estimate of drug-likeness (QED) is 0.475. The van der Waals surface area contributed by atoms with E-state index in [1.165, 1.54) is 18.2 Å². The van der Waals surface area contributed by atoms with Gasteiger partial charge in [-0.3, -0.25) is 14.9 Å². The van der Waals surface area contributed by atoms with Crippen molar-refractivity contribution < 1.29 is 9.72 Å². The van der Waals surface area contributed by atoms with E-state index < -0.39 is 4.92 Å². The zero-order valence-corrected chi connectivity index (χ0v) is 11.2. The van der Waals surface area contributed by atoms with E-state index in [9.17, 15) is 14.9 Å². The minimum atomic E-state index is -0.559. The van der Waals surface area contributed by atoms with Gasteiger partial charge in [0.1, 0.15) is 5.56 Å². The Balaban J connectivity index is 2.35. The van der Waals surface area contributed by atoms with Gasteiger partial charge < -0.3 is 4.90 Å². The van der Waals surface area contributed by atoms with Crippen LogP contribution in [-0.2, 0) is 0 Å². The van der Waals surface area contributed by atoms with E-state index in [1.807, 2.05) is 6.92 Å². The van der Waals surface area contributed by atoms with Gasteiger partial charge in [0.15, 0.2) is 0 Å². The molecule has 1 aromatic rings. The van der Waals surface area contributed by atoms with Crippen molar-refractivity contribution in [1.29, 1.82) is 0 Å². The van der Waals surface area contributed by atoms with Gasteiger partial charge in [-0.1, -0.05) is 23.3 Å². The molecule has 100 valence electrons. The third kappa shape index (κ3) is 2.93. The van der Waals surface area contributed by atoms with Crippen molar-refractivity contribution in [2.75, 3.05) is 13.1 Å². The summed E-state index contributed by atoms with van der Waals surface area (Å²) in [5, 5.41) is 11.3. The summed E-state index contributed by atoms with van der Waals surface area (Å²) in [6, 6.07) is 4.04. The second kappa shape index (κ2) is 5.40. The number of nitro groups is 1. The summed E-state index contributed by atoms with van der Waals surface area (Å²) in [6.45, 7) is 3.01. The molecule has 0 N–H and O–H groups in total. The molecule has 0 saturated heterocycles. The number of rotatable bonds is 2. The normalized spacial score (nSPS) is 15.1. The van der Waals surface area contributed by atoms with Gasteiger partial charge in [-0.15, -0.1) is 0 Å². The predicted molar refractivity (Wildman–Crippen MR) is 72.4 cm³/mol. The van der Waals surface area contributed by atoms with Crippen LogP contribution < -0.4 is 0 Å². The third-order valence-electron chi connectivity index (χ3n) is 3.00. The first-order chi connectivity index (χ1) is 8.99. The molecular formula is C13H13ClN2O3. The summed E-state index contributed by atoms with van der Waals surface area (Å²) in [7, 11) is 0. The lowest BCUT2D eigenvalue weighted by atomic mass is 10.1. The summed E-state index contributed by atoms with van der Waals surface area (Å²) in [5.74, 6) is -0.346. The second-order valence-corrected chi connectivity index (χ2v) is 4.92. The Kier molecular flexibility index (Phi) is 3.85. The van der Waals surface area contributed by atoms with Crippen LogP contribution in [0.1, 0.15) is 23.7 Å². The molecule has 1 aliphatic rings. The van der Waals surface area contributed by atoms with E-state index in [0.717, 1.165) is 12.0 Å². The van der Waals surface area contributed by atoms with E-state index in [1.54, 1.807) is 4.90 Å². The topological polar surface area (TPSA) is 63.5 Å². The van der Waals surface area contributed by atoms with Crippen molar-refractivity contribution in [3.63, 3.8) is 0 Å². The molecule has 0 bridgehead atoms. The highest BCUT2D eigenvalue weighted by molar-refractivity contribution is 6.31.